The predicted molar refractivity (Wildman–Crippen MR) is 121 cm³/mol. The number of hydrogen-bond donors (Lipinski definition) is 3. The first kappa shape index (κ1) is 25.7. The lowest BCUT2D eigenvalue weighted by atomic mass is 9.60. The lowest BCUT2D eigenvalue weighted by Crippen LogP contribution is -2.70. The van der Waals surface area contributed by atoms with E-state index in [1.807, 2.05) is 0 Å². The Morgan fingerprint density at radius 3 is 2.50 bits per heavy atom. The number of methoxy groups -OCH3 is 1. The summed E-state index contributed by atoms with van der Waals surface area (Å²) in [5.74, 6) is -2.29. The average Bonchev–Trinajstić information content (AvgIpc) is 3.33. The molecule has 0 saturated heterocycles. The molecule has 2 aromatic rings. The van der Waals surface area contributed by atoms with Crippen molar-refractivity contribution in [1.29, 1.82) is 0 Å². The number of aliphatic hydroxyl groups is 1. The summed E-state index contributed by atoms with van der Waals surface area (Å²) in [5.41, 5.74) is -1.47. The molecular weight excluding hydrogens is 501 g/mol. The molecule has 2 bridgehead atoms. The van der Waals surface area contributed by atoms with E-state index in [1.165, 1.54) is 25.3 Å². The van der Waals surface area contributed by atoms with Crippen LogP contribution in [0.2, 0.25) is 5.02 Å². The van der Waals surface area contributed by atoms with E-state index in [-0.39, 0.29) is 35.4 Å². The van der Waals surface area contributed by atoms with E-state index in [9.17, 15) is 23.9 Å². The summed E-state index contributed by atoms with van der Waals surface area (Å²) >= 11 is 5.64. The van der Waals surface area contributed by atoms with Crippen molar-refractivity contribution in [2.75, 3.05) is 20.3 Å². The minimum absolute atomic E-state index is 0.0444. The SMILES string of the molecule is COC(=O)c1cc(OCC(=O)NC23CCC(NC(=O)COc4ccc(Cl)c(F)c4)(CC2)C[C@@H]3O)no1. The summed E-state index contributed by atoms with van der Waals surface area (Å²) in [4.78, 5) is 36.4. The summed E-state index contributed by atoms with van der Waals surface area (Å²) < 4.78 is 33.4. The maximum Gasteiger partial charge on any atom is 0.377 e. The number of rotatable bonds is 9. The monoisotopic (exact) mass is 525 g/mol. The van der Waals surface area contributed by atoms with Crippen molar-refractivity contribution < 1.29 is 42.6 Å². The first-order chi connectivity index (χ1) is 17.1. The Labute approximate surface area is 210 Å². The Morgan fingerprint density at radius 2 is 1.83 bits per heavy atom. The first-order valence-electron chi connectivity index (χ1n) is 11.2. The van der Waals surface area contributed by atoms with Crippen LogP contribution in [0.25, 0.3) is 0 Å². The standard InChI is InChI=1S/C23H25ClFN3O8/c1-33-21(32)16-9-20(28-36-16)35-12-19(31)27-23-6-4-22(5-7-23,10-17(23)29)26-18(30)11-34-13-2-3-14(24)15(25)8-13/h2-3,8-9,17,29H,4-7,10-12H2,1H3,(H,26,30)(H,27,31)/t17-,22?,23?/m0/s1. The Kier molecular flexibility index (Phi) is 7.36. The van der Waals surface area contributed by atoms with Crippen molar-refractivity contribution in [1.82, 2.24) is 15.8 Å². The molecule has 11 nitrogen and oxygen atoms in total. The zero-order valence-corrected chi connectivity index (χ0v) is 20.1. The van der Waals surface area contributed by atoms with Gasteiger partial charge in [-0.1, -0.05) is 11.6 Å². The molecule has 3 fully saturated rings. The Balaban J connectivity index is 1.26. The topological polar surface area (TPSA) is 149 Å². The molecule has 0 spiro atoms. The van der Waals surface area contributed by atoms with Gasteiger partial charge in [-0.2, -0.15) is 0 Å². The normalized spacial score (nSPS) is 24.6. The molecule has 3 saturated carbocycles. The van der Waals surface area contributed by atoms with Gasteiger partial charge < -0.3 is 34.5 Å². The second-order valence-electron chi connectivity index (χ2n) is 8.93. The van der Waals surface area contributed by atoms with Gasteiger partial charge in [-0.25, -0.2) is 9.18 Å². The van der Waals surface area contributed by atoms with Crippen LogP contribution in [-0.4, -0.2) is 65.6 Å². The highest BCUT2D eigenvalue weighted by atomic mass is 35.5. The number of esters is 1. The third-order valence-corrected chi connectivity index (χ3v) is 6.91. The smallest absolute Gasteiger partial charge is 0.377 e. The van der Waals surface area contributed by atoms with Crippen LogP contribution in [0.1, 0.15) is 42.7 Å². The zero-order chi connectivity index (χ0) is 25.9. The zero-order valence-electron chi connectivity index (χ0n) is 19.3. The number of amides is 2. The van der Waals surface area contributed by atoms with Crippen LogP contribution >= 0.6 is 11.6 Å². The van der Waals surface area contributed by atoms with Crippen LogP contribution in [0.3, 0.4) is 0 Å². The van der Waals surface area contributed by atoms with Gasteiger partial charge in [-0.3, -0.25) is 9.59 Å². The summed E-state index contributed by atoms with van der Waals surface area (Å²) in [6.07, 6.45) is 1.32. The van der Waals surface area contributed by atoms with Crippen LogP contribution in [0, 0.1) is 5.82 Å². The number of benzene rings is 1. The highest BCUT2D eigenvalue weighted by Gasteiger charge is 2.55. The molecule has 3 aliphatic rings. The van der Waals surface area contributed by atoms with Crippen LogP contribution in [-0.2, 0) is 14.3 Å². The Morgan fingerprint density at radius 1 is 1.14 bits per heavy atom. The molecule has 0 aliphatic heterocycles. The number of fused-ring (bicyclic) bond motifs is 3. The van der Waals surface area contributed by atoms with Gasteiger partial charge in [0, 0.05) is 11.6 Å². The molecule has 3 aliphatic carbocycles. The molecule has 36 heavy (non-hydrogen) atoms. The van der Waals surface area contributed by atoms with Gasteiger partial charge in [-0.15, -0.1) is 0 Å². The fourth-order valence-electron chi connectivity index (χ4n) is 4.69. The predicted octanol–water partition coefficient (Wildman–Crippen LogP) is 1.76. The van der Waals surface area contributed by atoms with E-state index in [4.69, 9.17) is 25.6 Å². The number of hydrogen-bond acceptors (Lipinski definition) is 9. The fraction of sp³-hybridized carbons (Fsp3) is 0.478. The van der Waals surface area contributed by atoms with Crippen molar-refractivity contribution in [3.05, 3.63) is 40.9 Å². The molecule has 1 atom stereocenters. The molecule has 0 unspecified atom stereocenters. The summed E-state index contributed by atoms with van der Waals surface area (Å²) in [5, 5.41) is 20.1. The number of carbonyl (C=O) groups is 3. The van der Waals surface area contributed by atoms with Gasteiger partial charge in [0.1, 0.15) is 11.6 Å². The fourth-order valence-corrected chi connectivity index (χ4v) is 4.80. The van der Waals surface area contributed by atoms with Crippen LogP contribution in [0.5, 0.6) is 11.6 Å². The van der Waals surface area contributed by atoms with E-state index in [0.717, 1.165) is 6.07 Å². The second kappa shape index (κ2) is 10.3. The van der Waals surface area contributed by atoms with Crippen LogP contribution < -0.4 is 20.1 Å². The third kappa shape index (κ3) is 5.54. The van der Waals surface area contributed by atoms with Crippen molar-refractivity contribution >= 4 is 29.4 Å². The summed E-state index contributed by atoms with van der Waals surface area (Å²) in [6, 6.07) is 5.10. The molecule has 2 amide bonds. The van der Waals surface area contributed by atoms with E-state index in [0.29, 0.717) is 25.7 Å². The Hall–Kier alpha value is -3.38. The number of halogens is 2. The molecule has 3 N–H and O–H groups in total. The second-order valence-corrected chi connectivity index (χ2v) is 9.33. The largest absolute Gasteiger partial charge is 0.484 e. The number of nitrogens with zero attached hydrogens (tertiary/aromatic N) is 1. The van der Waals surface area contributed by atoms with Gasteiger partial charge >= 0.3 is 5.97 Å². The van der Waals surface area contributed by atoms with E-state index in [1.54, 1.807) is 0 Å². The molecule has 0 radical (unpaired) electrons. The Bertz CT molecular complexity index is 1150. The molecule has 1 heterocycles. The quantitative estimate of drug-likeness (QED) is 0.416. The van der Waals surface area contributed by atoms with E-state index in [2.05, 4.69) is 20.5 Å². The van der Waals surface area contributed by atoms with Crippen LogP contribution in [0.4, 0.5) is 4.39 Å². The van der Waals surface area contributed by atoms with Gasteiger partial charge in [0.2, 0.25) is 5.76 Å². The summed E-state index contributed by atoms with van der Waals surface area (Å²) in [7, 11) is 1.19. The van der Waals surface area contributed by atoms with E-state index >= 15 is 0 Å². The lowest BCUT2D eigenvalue weighted by Gasteiger charge is -2.56. The van der Waals surface area contributed by atoms with Crippen LogP contribution in [0.15, 0.2) is 28.8 Å². The van der Waals surface area contributed by atoms with Crippen molar-refractivity contribution in [3.63, 3.8) is 0 Å². The van der Waals surface area contributed by atoms with Crippen molar-refractivity contribution in [3.8, 4) is 11.6 Å². The molecule has 13 heteroatoms. The minimum atomic E-state index is -0.895. The van der Waals surface area contributed by atoms with Gasteiger partial charge in [0.25, 0.3) is 17.7 Å². The lowest BCUT2D eigenvalue weighted by molar-refractivity contribution is -0.137. The van der Waals surface area contributed by atoms with Gasteiger partial charge in [-0.05, 0) is 49.4 Å². The molecule has 1 aromatic carbocycles. The maximum atomic E-state index is 13.5. The molecule has 194 valence electrons. The molecule has 1 aromatic heterocycles. The first-order valence-corrected chi connectivity index (χ1v) is 11.6. The molecular formula is C23H25ClFN3O8. The number of aromatic nitrogens is 1. The number of nitrogens with one attached hydrogen (secondary N) is 2. The van der Waals surface area contributed by atoms with Gasteiger partial charge in [0.05, 0.1) is 29.8 Å². The maximum absolute atomic E-state index is 13.5. The average molecular weight is 526 g/mol. The molecule has 5 rings (SSSR count). The number of aliphatic hydroxyl groups excluding tert-OH is 1. The van der Waals surface area contributed by atoms with E-state index < -0.39 is 47.4 Å². The summed E-state index contributed by atoms with van der Waals surface area (Å²) in [6.45, 7) is -0.718. The van der Waals surface area contributed by atoms with Gasteiger partial charge in [0.15, 0.2) is 13.2 Å². The third-order valence-electron chi connectivity index (χ3n) is 6.60. The number of carbonyl (C=O) groups excluding carboxylic acids is 3. The number of ether oxygens (including phenoxy) is 3. The van der Waals surface area contributed by atoms with Crippen molar-refractivity contribution in [2.45, 2.75) is 49.3 Å². The highest BCUT2D eigenvalue weighted by Crippen LogP contribution is 2.47. The highest BCUT2D eigenvalue weighted by molar-refractivity contribution is 6.30. The van der Waals surface area contributed by atoms with Crippen molar-refractivity contribution in [2.24, 2.45) is 0 Å². The minimum Gasteiger partial charge on any atom is -0.484 e.